The molecule has 1 N–H and O–H groups in total. The molecule has 124 valence electrons. The first-order chi connectivity index (χ1) is 11.8. The van der Waals surface area contributed by atoms with Gasteiger partial charge in [0.25, 0.3) is 0 Å². The lowest BCUT2D eigenvalue weighted by Crippen LogP contribution is -2.37. The number of fused-ring (bicyclic) bond motifs is 1. The molecule has 4 rings (SSSR count). The average molecular weight is 325 g/mol. The minimum Gasteiger partial charge on any atom is -0.378 e. The minimum atomic E-state index is 0.709. The second-order valence-electron chi connectivity index (χ2n) is 5.66. The molecule has 0 radical (unpaired) electrons. The molecule has 3 aromatic heterocycles. The van der Waals surface area contributed by atoms with E-state index in [0.717, 1.165) is 54.7 Å². The van der Waals surface area contributed by atoms with Crippen molar-refractivity contribution in [1.29, 1.82) is 0 Å². The van der Waals surface area contributed by atoms with Crippen LogP contribution >= 0.6 is 0 Å². The van der Waals surface area contributed by atoms with Crippen LogP contribution in [0.15, 0.2) is 24.5 Å². The average Bonchev–Trinajstić information content (AvgIpc) is 3.09. The molecule has 1 fully saturated rings. The number of aryl methyl sites for hydroxylation is 1. The Hall–Kier alpha value is -2.74. The maximum Gasteiger partial charge on any atom is 0.212 e. The quantitative estimate of drug-likeness (QED) is 0.779. The lowest BCUT2D eigenvalue weighted by Gasteiger charge is -2.29. The summed E-state index contributed by atoms with van der Waals surface area (Å²) in [5.74, 6) is 2.37. The van der Waals surface area contributed by atoms with Gasteiger partial charge < -0.3 is 15.0 Å². The van der Waals surface area contributed by atoms with Gasteiger partial charge in [0.1, 0.15) is 5.82 Å². The van der Waals surface area contributed by atoms with Crippen LogP contribution < -0.4 is 10.2 Å². The van der Waals surface area contributed by atoms with Crippen LogP contribution in [0.25, 0.3) is 17.0 Å². The number of pyridine rings is 1. The van der Waals surface area contributed by atoms with E-state index in [1.807, 2.05) is 30.5 Å². The monoisotopic (exact) mass is 325 g/mol. The van der Waals surface area contributed by atoms with Crippen LogP contribution in [0, 0.1) is 6.92 Å². The maximum absolute atomic E-state index is 5.44. The molecule has 0 spiro atoms. The summed E-state index contributed by atoms with van der Waals surface area (Å²) >= 11 is 0. The molecule has 8 nitrogen and oxygen atoms in total. The first kappa shape index (κ1) is 14.8. The van der Waals surface area contributed by atoms with E-state index in [1.165, 1.54) is 0 Å². The number of anilines is 2. The maximum atomic E-state index is 5.44. The summed E-state index contributed by atoms with van der Waals surface area (Å²) in [6.45, 7) is 5.13. The fourth-order valence-electron chi connectivity index (χ4n) is 2.99. The summed E-state index contributed by atoms with van der Waals surface area (Å²) < 4.78 is 7.38. The smallest absolute Gasteiger partial charge is 0.212 e. The van der Waals surface area contributed by atoms with Crippen molar-refractivity contribution in [3.63, 3.8) is 0 Å². The minimum absolute atomic E-state index is 0.709. The molecule has 0 saturated carbocycles. The van der Waals surface area contributed by atoms with Crippen LogP contribution in [0.5, 0.6) is 0 Å². The molecule has 0 bridgehead atoms. The van der Waals surface area contributed by atoms with Gasteiger partial charge >= 0.3 is 0 Å². The standard InChI is InChI=1S/C16H19N7O/c1-11-13(22-6-8-24-9-7-22)19-16(17-2)23-14(11)20-21-15(23)12-4-3-5-18-10-12/h3-5,10H,6-9H2,1-2H3,(H,17,19). The fraction of sp³-hybridized carbons (Fsp3) is 0.375. The van der Waals surface area contributed by atoms with Gasteiger partial charge in [0.2, 0.25) is 5.95 Å². The van der Waals surface area contributed by atoms with Crippen molar-refractivity contribution in [1.82, 2.24) is 24.6 Å². The number of hydrogen-bond donors (Lipinski definition) is 1. The molecule has 8 heteroatoms. The number of nitrogens with one attached hydrogen (secondary N) is 1. The van der Waals surface area contributed by atoms with E-state index in [9.17, 15) is 0 Å². The zero-order valence-electron chi connectivity index (χ0n) is 13.7. The largest absolute Gasteiger partial charge is 0.378 e. The van der Waals surface area contributed by atoms with E-state index in [1.54, 1.807) is 12.4 Å². The van der Waals surface area contributed by atoms with Crippen LogP contribution in [-0.4, -0.2) is 57.9 Å². The third-order valence-electron chi connectivity index (χ3n) is 4.21. The first-order valence-corrected chi connectivity index (χ1v) is 7.96. The van der Waals surface area contributed by atoms with Gasteiger partial charge in [0.15, 0.2) is 11.5 Å². The summed E-state index contributed by atoms with van der Waals surface area (Å²) in [6.07, 6.45) is 3.52. The highest BCUT2D eigenvalue weighted by Crippen LogP contribution is 2.28. The molecule has 1 aliphatic heterocycles. The summed E-state index contributed by atoms with van der Waals surface area (Å²) in [6, 6.07) is 3.85. The zero-order valence-corrected chi connectivity index (χ0v) is 13.7. The van der Waals surface area contributed by atoms with Crippen molar-refractivity contribution in [2.45, 2.75) is 6.92 Å². The molecular weight excluding hydrogens is 306 g/mol. The number of nitrogens with zero attached hydrogens (tertiary/aromatic N) is 6. The third-order valence-corrected chi connectivity index (χ3v) is 4.21. The van der Waals surface area contributed by atoms with Crippen LogP contribution in [0.2, 0.25) is 0 Å². The Labute approximate surface area is 139 Å². The Morgan fingerprint density at radius 2 is 2.04 bits per heavy atom. The third kappa shape index (κ3) is 2.35. The van der Waals surface area contributed by atoms with Crippen LogP contribution in [-0.2, 0) is 4.74 Å². The van der Waals surface area contributed by atoms with E-state index in [4.69, 9.17) is 9.72 Å². The number of ether oxygens (including phenoxy) is 1. The molecule has 0 unspecified atom stereocenters. The second-order valence-corrected chi connectivity index (χ2v) is 5.66. The van der Waals surface area contributed by atoms with Crippen LogP contribution in [0.3, 0.4) is 0 Å². The molecule has 1 aliphatic rings. The van der Waals surface area contributed by atoms with Gasteiger partial charge in [-0.3, -0.25) is 4.98 Å². The summed E-state index contributed by atoms with van der Waals surface area (Å²) in [5.41, 5.74) is 2.72. The molecule has 0 amide bonds. The van der Waals surface area contributed by atoms with Crippen molar-refractivity contribution < 1.29 is 4.74 Å². The van der Waals surface area contributed by atoms with Gasteiger partial charge in [-0.1, -0.05) is 0 Å². The SMILES string of the molecule is CNc1nc(N2CCOCC2)c(C)c2nnc(-c3cccnc3)n12. The van der Waals surface area contributed by atoms with Gasteiger partial charge in [-0.25, -0.2) is 4.40 Å². The van der Waals surface area contributed by atoms with Crippen molar-refractivity contribution in [2.24, 2.45) is 0 Å². The van der Waals surface area contributed by atoms with Gasteiger partial charge in [-0.05, 0) is 19.1 Å². The summed E-state index contributed by atoms with van der Waals surface area (Å²) in [7, 11) is 1.85. The number of rotatable bonds is 3. The van der Waals surface area contributed by atoms with Crippen LogP contribution in [0.4, 0.5) is 11.8 Å². The van der Waals surface area contributed by atoms with Crippen molar-refractivity contribution in [3.05, 3.63) is 30.1 Å². The molecular formula is C16H19N7O. The van der Waals surface area contributed by atoms with E-state index < -0.39 is 0 Å². The van der Waals surface area contributed by atoms with E-state index >= 15 is 0 Å². The lowest BCUT2D eigenvalue weighted by molar-refractivity contribution is 0.122. The van der Waals surface area contributed by atoms with Crippen molar-refractivity contribution in [2.75, 3.05) is 43.6 Å². The summed E-state index contributed by atoms with van der Waals surface area (Å²) in [4.78, 5) is 11.2. The Morgan fingerprint density at radius 1 is 1.21 bits per heavy atom. The van der Waals surface area contributed by atoms with E-state index in [0.29, 0.717) is 5.95 Å². The Kier molecular flexibility index (Phi) is 3.73. The van der Waals surface area contributed by atoms with E-state index in [-0.39, 0.29) is 0 Å². The Balaban J connectivity index is 1.90. The number of aromatic nitrogens is 5. The highest BCUT2D eigenvalue weighted by atomic mass is 16.5. The molecule has 0 atom stereocenters. The topological polar surface area (TPSA) is 80.5 Å². The Morgan fingerprint density at radius 3 is 2.75 bits per heavy atom. The number of morpholine rings is 1. The fourth-order valence-corrected chi connectivity index (χ4v) is 2.99. The highest BCUT2D eigenvalue weighted by Gasteiger charge is 2.22. The van der Waals surface area contributed by atoms with Crippen LogP contribution in [0.1, 0.15) is 5.56 Å². The normalized spacial score (nSPS) is 15.0. The first-order valence-electron chi connectivity index (χ1n) is 7.96. The van der Waals surface area contributed by atoms with E-state index in [2.05, 4.69) is 25.4 Å². The lowest BCUT2D eigenvalue weighted by atomic mass is 10.2. The van der Waals surface area contributed by atoms with Gasteiger partial charge in [0.05, 0.1) is 13.2 Å². The zero-order chi connectivity index (χ0) is 16.5. The molecule has 24 heavy (non-hydrogen) atoms. The second kappa shape index (κ2) is 6.04. The predicted molar refractivity (Wildman–Crippen MR) is 91.3 cm³/mol. The summed E-state index contributed by atoms with van der Waals surface area (Å²) in [5, 5.41) is 11.9. The molecule has 4 heterocycles. The Bertz CT molecular complexity index is 856. The number of hydrogen-bond acceptors (Lipinski definition) is 7. The molecule has 0 aliphatic carbocycles. The van der Waals surface area contributed by atoms with Gasteiger partial charge in [-0.15, -0.1) is 10.2 Å². The molecule has 3 aromatic rings. The van der Waals surface area contributed by atoms with Gasteiger partial charge in [0, 0.05) is 43.7 Å². The van der Waals surface area contributed by atoms with Gasteiger partial charge in [-0.2, -0.15) is 4.98 Å². The van der Waals surface area contributed by atoms with Crippen molar-refractivity contribution >= 4 is 17.4 Å². The molecule has 0 aromatic carbocycles. The van der Waals surface area contributed by atoms with Crippen molar-refractivity contribution in [3.8, 4) is 11.4 Å². The highest BCUT2D eigenvalue weighted by molar-refractivity contribution is 5.69. The predicted octanol–water partition coefficient (Wildman–Crippen LogP) is 1.37. The molecule has 1 saturated heterocycles.